The van der Waals surface area contributed by atoms with E-state index in [1.165, 1.54) is 5.56 Å². The molecule has 2 heterocycles. The Bertz CT molecular complexity index is 751. The van der Waals surface area contributed by atoms with Crippen molar-refractivity contribution >= 4 is 5.82 Å². The highest BCUT2D eigenvalue weighted by Crippen LogP contribution is 2.33. The van der Waals surface area contributed by atoms with Crippen LogP contribution in [0.25, 0.3) is 0 Å². The number of likely N-dealkylation sites (tertiary alicyclic amines) is 1. The predicted octanol–water partition coefficient (Wildman–Crippen LogP) is 3.05. The van der Waals surface area contributed by atoms with E-state index in [2.05, 4.69) is 26.3 Å². The van der Waals surface area contributed by atoms with Crippen molar-refractivity contribution in [1.29, 1.82) is 0 Å². The molecule has 6 nitrogen and oxygen atoms in total. The summed E-state index contributed by atoms with van der Waals surface area (Å²) >= 11 is 0. The number of aliphatic hydroxyl groups excluding tert-OH is 1. The molecule has 0 aliphatic carbocycles. The van der Waals surface area contributed by atoms with Crippen LogP contribution < -0.4 is 10.1 Å². The Balaban J connectivity index is 1.80. The highest BCUT2D eigenvalue weighted by Gasteiger charge is 2.28. The molecule has 2 aromatic rings. The zero-order valence-corrected chi connectivity index (χ0v) is 15.8. The molecule has 1 atom stereocenters. The van der Waals surface area contributed by atoms with Gasteiger partial charge in [0.15, 0.2) is 0 Å². The fraction of sp³-hybridized carbons (Fsp3) is 0.500. The zero-order chi connectivity index (χ0) is 18.5. The number of nitrogens with one attached hydrogen (secondary N) is 1. The van der Waals surface area contributed by atoms with Crippen LogP contribution in [-0.4, -0.2) is 40.2 Å². The van der Waals surface area contributed by atoms with Gasteiger partial charge in [-0.1, -0.05) is 6.07 Å². The van der Waals surface area contributed by atoms with Gasteiger partial charge >= 0.3 is 0 Å². The summed E-state index contributed by atoms with van der Waals surface area (Å²) < 4.78 is 5.58. The number of aliphatic hydroxyl groups is 1. The number of rotatable bonds is 7. The summed E-state index contributed by atoms with van der Waals surface area (Å²) in [4.78, 5) is 11.5. The summed E-state index contributed by atoms with van der Waals surface area (Å²) in [5.41, 5.74) is 3.10. The number of ether oxygens (including phenoxy) is 1. The molecule has 0 saturated carbocycles. The molecule has 26 heavy (non-hydrogen) atoms. The van der Waals surface area contributed by atoms with E-state index < -0.39 is 0 Å². The maximum Gasteiger partial charge on any atom is 0.129 e. The minimum Gasteiger partial charge on any atom is -0.494 e. The number of hydrogen-bond acceptors (Lipinski definition) is 6. The fourth-order valence-electron chi connectivity index (χ4n) is 3.63. The largest absolute Gasteiger partial charge is 0.494 e. The van der Waals surface area contributed by atoms with Gasteiger partial charge in [-0.2, -0.15) is 0 Å². The minimum absolute atomic E-state index is 0.0107. The van der Waals surface area contributed by atoms with Crippen molar-refractivity contribution in [1.82, 2.24) is 14.9 Å². The van der Waals surface area contributed by atoms with Crippen LogP contribution >= 0.6 is 0 Å². The molecule has 140 valence electrons. The molecule has 1 aliphatic heterocycles. The molecule has 1 saturated heterocycles. The van der Waals surface area contributed by atoms with Gasteiger partial charge < -0.3 is 15.2 Å². The summed E-state index contributed by atoms with van der Waals surface area (Å²) in [7, 11) is 1.88. The standard InChI is InChI=1S/C20H28N4O2/c1-4-26-19-8-7-15(10-16(19)13-25)12-24-9-5-6-18(24)17-11-20(21-3)23-14(2)22-17/h7-8,10-11,18,25H,4-6,9,12-13H2,1-3H3,(H,21,22,23)/t18-/m1/s1. The first-order chi connectivity index (χ1) is 12.6. The number of nitrogens with zero attached hydrogens (tertiary/aromatic N) is 3. The molecule has 0 unspecified atom stereocenters. The van der Waals surface area contributed by atoms with Gasteiger partial charge in [0.25, 0.3) is 0 Å². The molecular weight excluding hydrogens is 328 g/mol. The van der Waals surface area contributed by atoms with Crippen LogP contribution in [0.3, 0.4) is 0 Å². The molecule has 0 radical (unpaired) electrons. The molecular formula is C20H28N4O2. The lowest BCUT2D eigenvalue weighted by Gasteiger charge is -2.25. The second-order valence-electron chi connectivity index (χ2n) is 6.64. The molecule has 1 aromatic carbocycles. The molecule has 1 fully saturated rings. The van der Waals surface area contributed by atoms with Gasteiger partial charge in [-0.25, -0.2) is 9.97 Å². The van der Waals surface area contributed by atoms with Crippen LogP contribution in [0.2, 0.25) is 0 Å². The summed E-state index contributed by atoms with van der Waals surface area (Å²) in [5.74, 6) is 2.42. The van der Waals surface area contributed by atoms with Crippen LogP contribution in [-0.2, 0) is 13.2 Å². The Labute approximate surface area is 155 Å². The lowest BCUT2D eigenvalue weighted by molar-refractivity contribution is 0.242. The van der Waals surface area contributed by atoms with E-state index in [1.807, 2.05) is 39.1 Å². The first-order valence-electron chi connectivity index (χ1n) is 9.27. The molecule has 0 amide bonds. The smallest absolute Gasteiger partial charge is 0.129 e. The topological polar surface area (TPSA) is 70.5 Å². The molecule has 1 aliphatic rings. The van der Waals surface area contributed by atoms with Crippen LogP contribution in [0, 0.1) is 6.92 Å². The minimum atomic E-state index is -0.0107. The van der Waals surface area contributed by atoms with Crippen molar-refractivity contribution < 1.29 is 9.84 Å². The highest BCUT2D eigenvalue weighted by molar-refractivity contribution is 5.38. The average molecular weight is 356 g/mol. The quantitative estimate of drug-likeness (QED) is 0.795. The maximum atomic E-state index is 9.63. The molecule has 2 N–H and O–H groups in total. The van der Waals surface area contributed by atoms with E-state index in [-0.39, 0.29) is 6.61 Å². The normalized spacial score (nSPS) is 17.5. The van der Waals surface area contributed by atoms with E-state index in [9.17, 15) is 5.11 Å². The van der Waals surface area contributed by atoms with Gasteiger partial charge in [-0.3, -0.25) is 4.90 Å². The van der Waals surface area contributed by atoms with Crippen LogP contribution in [0.15, 0.2) is 24.3 Å². The van der Waals surface area contributed by atoms with E-state index in [0.717, 1.165) is 54.6 Å². The van der Waals surface area contributed by atoms with Gasteiger partial charge in [0.1, 0.15) is 17.4 Å². The first kappa shape index (κ1) is 18.6. The van der Waals surface area contributed by atoms with Gasteiger partial charge in [-0.05, 0) is 50.9 Å². The highest BCUT2D eigenvalue weighted by atomic mass is 16.5. The van der Waals surface area contributed by atoms with Crippen molar-refractivity contribution in [3.05, 3.63) is 46.9 Å². The van der Waals surface area contributed by atoms with Crippen LogP contribution in [0.1, 0.15) is 48.5 Å². The van der Waals surface area contributed by atoms with Gasteiger partial charge in [-0.15, -0.1) is 0 Å². The Kier molecular flexibility index (Phi) is 6.06. The van der Waals surface area contributed by atoms with E-state index in [1.54, 1.807) is 0 Å². The fourth-order valence-corrected chi connectivity index (χ4v) is 3.63. The van der Waals surface area contributed by atoms with Crippen molar-refractivity contribution in [3.8, 4) is 5.75 Å². The van der Waals surface area contributed by atoms with E-state index in [4.69, 9.17) is 4.74 Å². The van der Waals surface area contributed by atoms with Crippen molar-refractivity contribution in [2.45, 2.75) is 45.9 Å². The number of anilines is 1. The Morgan fingerprint density at radius 3 is 2.88 bits per heavy atom. The first-order valence-corrected chi connectivity index (χ1v) is 9.27. The summed E-state index contributed by atoms with van der Waals surface area (Å²) in [6, 6.07) is 8.44. The number of benzene rings is 1. The predicted molar refractivity (Wildman–Crippen MR) is 102 cm³/mol. The number of aromatic nitrogens is 2. The lowest BCUT2D eigenvalue weighted by Crippen LogP contribution is -2.24. The third kappa shape index (κ3) is 4.14. The third-order valence-corrected chi connectivity index (χ3v) is 4.80. The number of hydrogen-bond donors (Lipinski definition) is 2. The second kappa shape index (κ2) is 8.47. The molecule has 1 aromatic heterocycles. The molecule has 0 bridgehead atoms. The third-order valence-electron chi connectivity index (χ3n) is 4.80. The maximum absolute atomic E-state index is 9.63. The van der Waals surface area contributed by atoms with Gasteiger partial charge in [0, 0.05) is 25.2 Å². The zero-order valence-electron chi connectivity index (χ0n) is 15.8. The van der Waals surface area contributed by atoms with Crippen LogP contribution in [0.5, 0.6) is 5.75 Å². The molecule has 6 heteroatoms. The Morgan fingerprint density at radius 1 is 1.31 bits per heavy atom. The second-order valence-corrected chi connectivity index (χ2v) is 6.64. The number of aryl methyl sites for hydroxylation is 1. The van der Waals surface area contributed by atoms with E-state index in [0.29, 0.717) is 12.6 Å². The monoisotopic (exact) mass is 356 g/mol. The van der Waals surface area contributed by atoms with Crippen molar-refractivity contribution in [3.63, 3.8) is 0 Å². The molecule has 3 rings (SSSR count). The summed E-state index contributed by atoms with van der Waals surface area (Å²) in [6.45, 7) is 6.35. The lowest BCUT2D eigenvalue weighted by atomic mass is 10.1. The summed E-state index contributed by atoms with van der Waals surface area (Å²) in [5, 5.41) is 12.7. The molecule has 0 spiro atoms. The van der Waals surface area contributed by atoms with E-state index >= 15 is 0 Å². The average Bonchev–Trinajstić information content (AvgIpc) is 3.10. The Hall–Kier alpha value is -2.18. The van der Waals surface area contributed by atoms with Crippen molar-refractivity contribution in [2.24, 2.45) is 0 Å². The van der Waals surface area contributed by atoms with Gasteiger partial charge in [0.05, 0.1) is 24.9 Å². The van der Waals surface area contributed by atoms with Crippen molar-refractivity contribution in [2.75, 3.05) is 25.5 Å². The Morgan fingerprint density at radius 2 is 2.15 bits per heavy atom. The SMILES string of the molecule is CCOc1ccc(CN2CCC[C@@H]2c2cc(NC)nc(C)n2)cc1CO. The van der Waals surface area contributed by atoms with Crippen LogP contribution in [0.4, 0.5) is 5.82 Å². The summed E-state index contributed by atoms with van der Waals surface area (Å²) in [6.07, 6.45) is 2.26. The van der Waals surface area contributed by atoms with Gasteiger partial charge in [0.2, 0.25) is 0 Å².